The Morgan fingerprint density at radius 2 is 2.14 bits per heavy atom. The molecule has 0 saturated carbocycles. The molecule has 1 unspecified atom stereocenters. The Morgan fingerprint density at radius 3 is 2.93 bits per heavy atom. The fraction of sp³-hybridized carbons (Fsp3) is 0.429. The van der Waals surface area contributed by atoms with Gasteiger partial charge in [-0.3, -0.25) is 9.59 Å². The average Bonchev–Trinajstić information content (AvgIpc) is 3.41. The van der Waals surface area contributed by atoms with Crippen LogP contribution < -0.4 is 9.64 Å². The molecule has 1 aromatic carbocycles. The van der Waals surface area contributed by atoms with Crippen molar-refractivity contribution >= 4 is 28.8 Å². The van der Waals surface area contributed by atoms with E-state index >= 15 is 0 Å². The van der Waals surface area contributed by atoms with Crippen molar-refractivity contribution in [1.82, 2.24) is 4.90 Å². The smallest absolute Gasteiger partial charge is 0.265 e. The normalized spacial score (nSPS) is 18.6. The summed E-state index contributed by atoms with van der Waals surface area (Å²) in [4.78, 5) is 30.0. The topological polar surface area (TPSA) is 59.1 Å². The van der Waals surface area contributed by atoms with Gasteiger partial charge in [0.05, 0.1) is 18.3 Å². The second-order valence-corrected chi connectivity index (χ2v) is 8.07. The van der Waals surface area contributed by atoms with E-state index in [1.807, 2.05) is 46.7 Å². The molecule has 2 aliphatic rings. The van der Waals surface area contributed by atoms with E-state index < -0.39 is 0 Å². The van der Waals surface area contributed by atoms with Crippen LogP contribution in [0.15, 0.2) is 41.8 Å². The largest absolute Gasteiger partial charge is 0.482 e. The number of carbonyl (C=O) groups is 2. The van der Waals surface area contributed by atoms with Crippen LogP contribution in [0.2, 0.25) is 0 Å². The molecule has 7 heteroatoms. The van der Waals surface area contributed by atoms with Gasteiger partial charge in [-0.15, -0.1) is 11.3 Å². The number of benzene rings is 1. The summed E-state index contributed by atoms with van der Waals surface area (Å²) in [5, 5.41) is 2.02. The lowest BCUT2D eigenvalue weighted by molar-refractivity contribution is -0.133. The lowest BCUT2D eigenvalue weighted by Crippen LogP contribution is -2.42. The maximum atomic E-state index is 13.0. The molecule has 6 nitrogen and oxygen atoms in total. The number of ether oxygens (including phenoxy) is 2. The van der Waals surface area contributed by atoms with Crippen LogP contribution in [0.3, 0.4) is 0 Å². The molecular formula is C21H24N2O4S. The first-order valence-corrected chi connectivity index (χ1v) is 10.5. The standard InChI is InChI=1S/C21H24N2O4S/c24-20(9-10-23-18-7-1-2-8-19(18)27-15-21(23)25)22(13-16-5-3-11-26-16)14-17-6-4-12-28-17/h1-2,4,6-8,12,16H,3,5,9-11,13-15H2. The summed E-state index contributed by atoms with van der Waals surface area (Å²) in [6, 6.07) is 11.5. The highest BCUT2D eigenvalue weighted by Crippen LogP contribution is 2.31. The van der Waals surface area contributed by atoms with E-state index in [0.717, 1.165) is 30.0 Å². The van der Waals surface area contributed by atoms with Crippen molar-refractivity contribution in [3.63, 3.8) is 0 Å². The van der Waals surface area contributed by atoms with Crippen molar-refractivity contribution in [3.8, 4) is 5.75 Å². The van der Waals surface area contributed by atoms with Crippen LogP contribution in [0.25, 0.3) is 0 Å². The Bertz CT molecular complexity index is 818. The van der Waals surface area contributed by atoms with Gasteiger partial charge < -0.3 is 19.3 Å². The summed E-state index contributed by atoms with van der Waals surface area (Å²) >= 11 is 1.65. The average molecular weight is 401 g/mol. The molecule has 1 aromatic heterocycles. The zero-order chi connectivity index (χ0) is 19.3. The molecule has 0 spiro atoms. The number of nitrogens with zero attached hydrogens (tertiary/aromatic N) is 2. The Kier molecular flexibility index (Phi) is 5.92. The molecule has 2 amide bonds. The van der Waals surface area contributed by atoms with Crippen LogP contribution in [0.1, 0.15) is 24.1 Å². The molecule has 0 radical (unpaired) electrons. The second kappa shape index (κ2) is 8.75. The number of fused-ring (bicyclic) bond motifs is 1. The maximum absolute atomic E-state index is 13.0. The summed E-state index contributed by atoms with van der Waals surface area (Å²) in [5.41, 5.74) is 0.732. The molecule has 0 N–H and O–H groups in total. The Morgan fingerprint density at radius 1 is 1.25 bits per heavy atom. The van der Waals surface area contributed by atoms with E-state index in [9.17, 15) is 9.59 Å². The van der Waals surface area contributed by atoms with Gasteiger partial charge in [0.15, 0.2) is 6.61 Å². The minimum atomic E-state index is -0.115. The van der Waals surface area contributed by atoms with Gasteiger partial charge >= 0.3 is 0 Å². The van der Waals surface area contributed by atoms with Crippen molar-refractivity contribution in [1.29, 1.82) is 0 Å². The SMILES string of the molecule is O=C(CCN1C(=O)COc2ccccc21)N(Cc1cccs1)CC1CCCO1. The molecule has 0 aliphatic carbocycles. The van der Waals surface area contributed by atoms with Gasteiger partial charge in [0.2, 0.25) is 5.91 Å². The Balaban J connectivity index is 1.42. The number of thiophene rings is 1. The fourth-order valence-electron chi connectivity index (χ4n) is 3.64. The highest BCUT2D eigenvalue weighted by molar-refractivity contribution is 7.09. The molecule has 4 rings (SSSR count). The van der Waals surface area contributed by atoms with Crippen molar-refractivity contribution in [2.24, 2.45) is 0 Å². The van der Waals surface area contributed by atoms with Crippen LogP contribution in [-0.2, 0) is 20.9 Å². The van der Waals surface area contributed by atoms with E-state index in [1.54, 1.807) is 16.2 Å². The Labute approximate surface area is 168 Å². The minimum Gasteiger partial charge on any atom is -0.482 e. The predicted octanol–water partition coefficient (Wildman–Crippen LogP) is 3.07. The van der Waals surface area contributed by atoms with E-state index in [4.69, 9.17) is 9.47 Å². The fourth-order valence-corrected chi connectivity index (χ4v) is 4.36. The number of hydrogen-bond donors (Lipinski definition) is 0. The molecule has 2 aromatic rings. The van der Waals surface area contributed by atoms with Crippen molar-refractivity contribution in [3.05, 3.63) is 46.7 Å². The monoisotopic (exact) mass is 400 g/mol. The first-order chi connectivity index (χ1) is 13.7. The highest BCUT2D eigenvalue weighted by Gasteiger charge is 2.27. The Hall–Kier alpha value is -2.38. The lowest BCUT2D eigenvalue weighted by Gasteiger charge is -2.30. The third-order valence-electron chi connectivity index (χ3n) is 5.09. The van der Waals surface area contributed by atoms with Gasteiger partial charge in [0.1, 0.15) is 5.75 Å². The lowest BCUT2D eigenvalue weighted by atomic mass is 10.2. The van der Waals surface area contributed by atoms with Gasteiger partial charge in [-0.25, -0.2) is 0 Å². The van der Waals surface area contributed by atoms with Crippen LogP contribution in [-0.4, -0.2) is 49.1 Å². The molecule has 148 valence electrons. The summed E-state index contributed by atoms with van der Waals surface area (Å²) in [7, 11) is 0. The van der Waals surface area contributed by atoms with Crippen LogP contribution in [0.5, 0.6) is 5.75 Å². The number of hydrogen-bond acceptors (Lipinski definition) is 5. The van der Waals surface area contributed by atoms with Crippen molar-refractivity contribution < 1.29 is 19.1 Å². The molecular weight excluding hydrogens is 376 g/mol. The van der Waals surface area contributed by atoms with Crippen molar-refractivity contribution in [2.75, 3.05) is 31.2 Å². The molecule has 1 saturated heterocycles. The van der Waals surface area contributed by atoms with E-state index in [0.29, 0.717) is 25.4 Å². The van der Waals surface area contributed by atoms with Crippen LogP contribution in [0.4, 0.5) is 5.69 Å². The summed E-state index contributed by atoms with van der Waals surface area (Å²) in [6.45, 7) is 2.32. The van der Waals surface area contributed by atoms with E-state index in [1.165, 1.54) is 0 Å². The molecule has 2 aliphatic heterocycles. The molecule has 28 heavy (non-hydrogen) atoms. The number of para-hydroxylation sites is 2. The van der Waals surface area contributed by atoms with E-state index in [-0.39, 0.29) is 30.9 Å². The molecule has 3 heterocycles. The third-order valence-corrected chi connectivity index (χ3v) is 5.95. The van der Waals surface area contributed by atoms with Gasteiger partial charge in [-0.1, -0.05) is 18.2 Å². The van der Waals surface area contributed by atoms with Crippen LogP contribution in [0, 0.1) is 0 Å². The second-order valence-electron chi connectivity index (χ2n) is 7.04. The summed E-state index contributed by atoms with van der Waals surface area (Å²) in [6.07, 6.45) is 2.42. The van der Waals surface area contributed by atoms with Gasteiger partial charge in [-0.05, 0) is 36.4 Å². The van der Waals surface area contributed by atoms with Gasteiger partial charge in [0.25, 0.3) is 5.91 Å². The summed E-state index contributed by atoms with van der Waals surface area (Å²) < 4.78 is 11.2. The zero-order valence-corrected chi connectivity index (χ0v) is 16.5. The first-order valence-electron chi connectivity index (χ1n) is 9.64. The summed E-state index contributed by atoms with van der Waals surface area (Å²) in [5.74, 6) is 0.612. The molecule has 1 atom stereocenters. The number of anilines is 1. The van der Waals surface area contributed by atoms with Crippen molar-refractivity contribution in [2.45, 2.75) is 31.9 Å². The van der Waals surface area contributed by atoms with Gasteiger partial charge in [0, 0.05) is 31.0 Å². The minimum absolute atomic E-state index is 0.0139. The van der Waals surface area contributed by atoms with Gasteiger partial charge in [-0.2, -0.15) is 0 Å². The molecule has 0 bridgehead atoms. The molecule has 1 fully saturated rings. The van der Waals surface area contributed by atoms with E-state index in [2.05, 4.69) is 0 Å². The predicted molar refractivity (Wildman–Crippen MR) is 108 cm³/mol. The zero-order valence-electron chi connectivity index (χ0n) is 15.7. The number of carbonyl (C=O) groups excluding carboxylic acids is 2. The first kappa shape index (κ1) is 19.0. The maximum Gasteiger partial charge on any atom is 0.265 e. The number of amides is 2. The highest BCUT2D eigenvalue weighted by atomic mass is 32.1. The van der Waals surface area contributed by atoms with Crippen LogP contribution >= 0.6 is 11.3 Å². The third kappa shape index (κ3) is 4.36. The quantitative estimate of drug-likeness (QED) is 0.717. The number of rotatable bonds is 7.